The van der Waals surface area contributed by atoms with E-state index in [4.69, 9.17) is 4.74 Å². The third kappa shape index (κ3) is 3.21. The molecule has 1 aromatic rings. The van der Waals surface area contributed by atoms with Crippen molar-refractivity contribution in [3.8, 4) is 0 Å². The van der Waals surface area contributed by atoms with E-state index < -0.39 is 0 Å². The van der Waals surface area contributed by atoms with Crippen molar-refractivity contribution in [2.45, 2.75) is 36.9 Å². The molecule has 1 aliphatic heterocycles. The van der Waals surface area contributed by atoms with E-state index in [0.29, 0.717) is 6.54 Å². The van der Waals surface area contributed by atoms with Crippen LogP contribution in [0.15, 0.2) is 24.3 Å². The first-order chi connectivity index (χ1) is 11.4. The maximum Gasteiger partial charge on any atom is 0.237 e. The van der Waals surface area contributed by atoms with Crippen LogP contribution in [0.25, 0.3) is 0 Å². The number of hydrogen-bond acceptors (Lipinski definition) is 4. The maximum absolute atomic E-state index is 12.7. The molecule has 0 spiro atoms. The Balaban J connectivity index is 1.65. The maximum atomic E-state index is 12.7. The number of ether oxygens (including phenoxy) is 1. The molecule has 0 aromatic heterocycles. The number of likely N-dealkylation sites (tertiary alicyclic amines) is 1. The molecule has 1 fully saturated rings. The molecule has 24 heavy (non-hydrogen) atoms. The van der Waals surface area contributed by atoms with Crippen LogP contribution in [0.2, 0.25) is 0 Å². The highest BCUT2D eigenvalue weighted by atomic mass is 16.5. The van der Waals surface area contributed by atoms with Gasteiger partial charge in [0.05, 0.1) is 12.1 Å². The molecule has 1 aliphatic carbocycles. The molecule has 0 unspecified atom stereocenters. The molecular formula is C19H29N3O2. The van der Waals surface area contributed by atoms with Crippen molar-refractivity contribution >= 4 is 5.91 Å². The van der Waals surface area contributed by atoms with Gasteiger partial charge in [-0.2, -0.15) is 0 Å². The van der Waals surface area contributed by atoms with Gasteiger partial charge < -0.3 is 15.0 Å². The molecule has 1 heterocycles. The number of likely N-dealkylation sites (N-methyl/N-ethyl adjacent to an activating group) is 2. The number of carbonyl (C=O) groups is 1. The minimum atomic E-state index is -0.0852. The van der Waals surface area contributed by atoms with Gasteiger partial charge in [0.2, 0.25) is 5.91 Å². The summed E-state index contributed by atoms with van der Waals surface area (Å²) in [7, 11) is 7.94. The summed E-state index contributed by atoms with van der Waals surface area (Å²) >= 11 is 0. The van der Waals surface area contributed by atoms with E-state index in [9.17, 15) is 4.79 Å². The molecule has 132 valence electrons. The highest BCUT2D eigenvalue weighted by Gasteiger charge is 2.41. The third-order valence-electron chi connectivity index (χ3n) is 5.84. The van der Waals surface area contributed by atoms with Crippen molar-refractivity contribution in [2.75, 3.05) is 41.3 Å². The minimum absolute atomic E-state index is 0.0306. The van der Waals surface area contributed by atoms with Gasteiger partial charge in [-0.05, 0) is 51.5 Å². The first-order valence-corrected chi connectivity index (χ1v) is 8.70. The van der Waals surface area contributed by atoms with Crippen LogP contribution in [-0.2, 0) is 22.4 Å². The lowest BCUT2D eigenvalue weighted by atomic mass is 9.93. The zero-order valence-corrected chi connectivity index (χ0v) is 15.2. The first-order valence-electron chi connectivity index (χ1n) is 8.70. The topological polar surface area (TPSA) is 44.8 Å². The predicted octanol–water partition coefficient (Wildman–Crippen LogP) is 0.921. The lowest BCUT2D eigenvalue weighted by Crippen LogP contribution is -2.55. The van der Waals surface area contributed by atoms with E-state index in [1.807, 2.05) is 7.05 Å². The number of amides is 1. The molecule has 1 amide bonds. The van der Waals surface area contributed by atoms with E-state index in [2.05, 4.69) is 53.5 Å². The van der Waals surface area contributed by atoms with Crippen LogP contribution in [0.5, 0.6) is 0 Å². The lowest BCUT2D eigenvalue weighted by Gasteiger charge is -2.37. The van der Waals surface area contributed by atoms with Crippen molar-refractivity contribution in [1.82, 2.24) is 15.1 Å². The highest BCUT2D eigenvalue weighted by Crippen LogP contribution is 2.33. The summed E-state index contributed by atoms with van der Waals surface area (Å²) in [5.41, 5.74) is 2.77. The monoisotopic (exact) mass is 331 g/mol. The molecule has 0 bridgehead atoms. The fraction of sp³-hybridized carbons (Fsp3) is 0.632. The summed E-state index contributed by atoms with van der Waals surface area (Å²) in [5.74, 6) is 0.120. The van der Waals surface area contributed by atoms with Gasteiger partial charge in [-0.25, -0.2) is 0 Å². The van der Waals surface area contributed by atoms with Crippen molar-refractivity contribution in [2.24, 2.45) is 0 Å². The minimum Gasteiger partial charge on any atom is -0.380 e. The number of carbonyl (C=O) groups excluding carboxylic acids is 1. The zero-order chi connectivity index (χ0) is 17.3. The normalized spacial score (nSPS) is 25.9. The molecule has 5 nitrogen and oxygen atoms in total. The summed E-state index contributed by atoms with van der Waals surface area (Å²) in [6, 6.07) is 8.52. The van der Waals surface area contributed by atoms with Crippen molar-refractivity contribution in [3.63, 3.8) is 0 Å². The second-order valence-corrected chi connectivity index (χ2v) is 7.51. The Morgan fingerprint density at radius 1 is 1.33 bits per heavy atom. The van der Waals surface area contributed by atoms with Gasteiger partial charge in [-0.1, -0.05) is 24.3 Å². The van der Waals surface area contributed by atoms with E-state index >= 15 is 0 Å². The highest BCUT2D eigenvalue weighted by molar-refractivity contribution is 5.82. The van der Waals surface area contributed by atoms with Crippen LogP contribution in [0.4, 0.5) is 0 Å². The summed E-state index contributed by atoms with van der Waals surface area (Å²) in [6.45, 7) is 1.49. The van der Waals surface area contributed by atoms with Gasteiger partial charge in [0.25, 0.3) is 0 Å². The van der Waals surface area contributed by atoms with Gasteiger partial charge in [-0.3, -0.25) is 9.69 Å². The molecule has 5 heteroatoms. The molecule has 3 rings (SSSR count). The van der Waals surface area contributed by atoms with E-state index in [0.717, 1.165) is 25.8 Å². The summed E-state index contributed by atoms with van der Waals surface area (Å²) in [6.07, 6.45) is 2.90. The van der Waals surface area contributed by atoms with Crippen molar-refractivity contribution in [1.29, 1.82) is 0 Å². The van der Waals surface area contributed by atoms with Gasteiger partial charge >= 0.3 is 0 Å². The van der Waals surface area contributed by atoms with E-state index in [1.54, 1.807) is 7.11 Å². The van der Waals surface area contributed by atoms with Crippen LogP contribution in [0.1, 0.15) is 17.5 Å². The number of benzene rings is 1. The molecule has 1 aromatic carbocycles. The number of hydrogen-bond donors (Lipinski definition) is 1. The van der Waals surface area contributed by atoms with E-state index in [-0.39, 0.29) is 23.6 Å². The molecule has 1 saturated heterocycles. The van der Waals surface area contributed by atoms with Crippen LogP contribution in [-0.4, -0.2) is 74.7 Å². The average molecular weight is 331 g/mol. The SMILES string of the molecule is CO[C@H]1C[C@@H](C(=O)NCC2(N(C)C)Cc3ccccc3C2)N(C)C1. The Labute approximate surface area is 145 Å². The number of rotatable bonds is 5. The molecule has 0 radical (unpaired) electrons. The molecular weight excluding hydrogens is 302 g/mol. The summed E-state index contributed by atoms with van der Waals surface area (Å²) < 4.78 is 5.41. The van der Waals surface area contributed by atoms with Crippen LogP contribution in [0, 0.1) is 0 Å². The summed E-state index contributed by atoms with van der Waals surface area (Å²) in [4.78, 5) is 17.0. The number of fused-ring (bicyclic) bond motifs is 1. The second-order valence-electron chi connectivity index (χ2n) is 7.51. The smallest absolute Gasteiger partial charge is 0.237 e. The average Bonchev–Trinajstić information content (AvgIpc) is 3.13. The standard InChI is InChI=1S/C19H29N3O2/c1-21(2)19(10-14-7-5-6-8-15(14)11-19)13-20-18(23)17-9-16(24-4)12-22(17)3/h5-8,16-17H,9-13H2,1-4H3,(H,20,23)/t16-,17-/m0/s1. The Bertz CT molecular complexity index is 577. The number of nitrogens with zero attached hydrogens (tertiary/aromatic N) is 2. The van der Waals surface area contributed by atoms with E-state index in [1.165, 1.54) is 11.1 Å². The van der Waals surface area contributed by atoms with Gasteiger partial charge in [-0.15, -0.1) is 0 Å². The van der Waals surface area contributed by atoms with Gasteiger partial charge in [0.15, 0.2) is 0 Å². The number of methoxy groups -OCH3 is 1. The molecule has 1 N–H and O–H groups in total. The molecule has 2 atom stereocenters. The fourth-order valence-corrected chi connectivity index (χ4v) is 4.07. The first kappa shape index (κ1) is 17.4. The second kappa shape index (κ2) is 6.82. The van der Waals surface area contributed by atoms with Crippen LogP contribution >= 0.6 is 0 Å². The molecule has 2 aliphatic rings. The number of nitrogens with one attached hydrogen (secondary N) is 1. The quantitative estimate of drug-likeness (QED) is 0.872. The van der Waals surface area contributed by atoms with Gasteiger partial charge in [0.1, 0.15) is 0 Å². The lowest BCUT2D eigenvalue weighted by molar-refractivity contribution is -0.125. The fourth-order valence-electron chi connectivity index (χ4n) is 4.07. The Kier molecular flexibility index (Phi) is 4.95. The zero-order valence-electron chi connectivity index (χ0n) is 15.2. The molecule has 0 saturated carbocycles. The third-order valence-corrected chi connectivity index (χ3v) is 5.84. The largest absolute Gasteiger partial charge is 0.380 e. The summed E-state index contributed by atoms with van der Waals surface area (Å²) in [5, 5.41) is 3.22. The Morgan fingerprint density at radius 3 is 2.46 bits per heavy atom. The Morgan fingerprint density at radius 2 is 1.96 bits per heavy atom. The van der Waals surface area contributed by atoms with Crippen LogP contribution in [0.3, 0.4) is 0 Å². The predicted molar refractivity (Wildman–Crippen MR) is 95.1 cm³/mol. The van der Waals surface area contributed by atoms with Gasteiger partial charge in [0, 0.05) is 25.7 Å². The van der Waals surface area contributed by atoms with Crippen molar-refractivity contribution < 1.29 is 9.53 Å². The van der Waals surface area contributed by atoms with Crippen molar-refractivity contribution in [3.05, 3.63) is 35.4 Å². The van der Waals surface area contributed by atoms with Crippen LogP contribution < -0.4 is 5.32 Å². The Hall–Kier alpha value is -1.43.